The lowest BCUT2D eigenvalue weighted by molar-refractivity contribution is 0.233. The van der Waals surface area contributed by atoms with E-state index in [9.17, 15) is 0 Å². The minimum atomic E-state index is 0.658. The van der Waals surface area contributed by atoms with Crippen LogP contribution in [-0.2, 0) is 6.54 Å². The number of benzene rings is 1. The molecule has 0 saturated carbocycles. The van der Waals surface area contributed by atoms with E-state index >= 15 is 0 Å². The topological polar surface area (TPSA) is 51.4 Å². The molecule has 4 nitrogen and oxygen atoms in total. The summed E-state index contributed by atoms with van der Waals surface area (Å²) in [5.74, 6) is 0.853. The highest BCUT2D eigenvalue weighted by Gasteiger charge is 2.00. The van der Waals surface area contributed by atoms with Gasteiger partial charge in [0, 0.05) is 31.2 Å². The molecule has 0 fully saturated rings. The van der Waals surface area contributed by atoms with Gasteiger partial charge in [-0.05, 0) is 49.0 Å². The van der Waals surface area contributed by atoms with E-state index in [1.165, 1.54) is 5.56 Å². The van der Waals surface area contributed by atoms with Crippen LogP contribution in [0, 0.1) is 0 Å². The first-order chi connectivity index (χ1) is 9.24. The predicted octanol–water partition coefficient (Wildman–Crippen LogP) is 2.17. The first-order valence-electron chi connectivity index (χ1n) is 6.30. The lowest BCUT2D eigenvalue weighted by atomic mass is 10.2. The van der Waals surface area contributed by atoms with E-state index in [0.29, 0.717) is 6.61 Å². The number of nitrogens with zero attached hydrogens (tertiary/aromatic N) is 2. The molecule has 0 radical (unpaired) electrons. The molecule has 0 bridgehead atoms. The minimum absolute atomic E-state index is 0.658. The Balaban J connectivity index is 1.72. The number of hydrogen-bond acceptors (Lipinski definition) is 4. The molecule has 0 aliphatic rings. The van der Waals surface area contributed by atoms with Crippen LogP contribution in [0.4, 0.5) is 5.69 Å². The quantitative estimate of drug-likeness (QED) is 0.806. The van der Waals surface area contributed by atoms with Crippen molar-refractivity contribution in [3.63, 3.8) is 0 Å². The summed E-state index contributed by atoms with van der Waals surface area (Å²) in [6.45, 7) is 2.42. The second-order valence-corrected chi connectivity index (χ2v) is 4.51. The smallest absolute Gasteiger partial charge is 0.119 e. The molecule has 2 N–H and O–H groups in total. The summed E-state index contributed by atoms with van der Waals surface area (Å²) in [6.07, 6.45) is 3.63. The summed E-state index contributed by atoms with van der Waals surface area (Å²) in [5, 5.41) is 0. The first kappa shape index (κ1) is 13.4. The Bertz CT molecular complexity index is 485. The lowest BCUT2D eigenvalue weighted by Crippen LogP contribution is -2.23. The van der Waals surface area contributed by atoms with Crippen LogP contribution < -0.4 is 10.5 Å². The molecule has 19 heavy (non-hydrogen) atoms. The maximum Gasteiger partial charge on any atom is 0.119 e. The molecule has 0 atom stereocenters. The number of nitrogens with two attached hydrogens (primary N) is 1. The Labute approximate surface area is 113 Å². The molecule has 1 aromatic heterocycles. The molecule has 100 valence electrons. The number of nitrogen functional groups attached to an aromatic ring is 1. The third-order valence-electron chi connectivity index (χ3n) is 2.82. The second kappa shape index (κ2) is 6.75. The number of rotatable bonds is 6. The van der Waals surface area contributed by atoms with Crippen LogP contribution in [0.15, 0.2) is 48.8 Å². The highest BCUT2D eigenvalue weighted by Crippen LogP contribution is 2.12. The van der Waals surface area contributed by atoms with Crippen molar-refractivity contribution >= 4 is 5.69 Å². The zero-order valence-electron chi connectivity index (χ0n) is 11.1. The molecular formula is C15H19N3O. The van der Waals surface area contributed by atoms with Crippen molar-refractivity contribution in [1.82, 2.24) is 9.88 Å². The summed E-state index contributed by atoms with van der Waals surface area (Å²) in [4.78, 5) is 6.22. The third kappa shape index (κ3) is 4.60. The SMILES string of the molecule is CN(CCOc1ccc(N)cc1)Cc1ccncc1. The van der Waals surface area contributed by atoms with E-state index in [4.69, 9.17) is 10.5 Å². The predicted molar refractivity (Wildman–Crippen MR) is 76.9 cm³/mol. The van der Waals surface area contributed by atoms with Crippen LogP contribution in [0.2, 0.25) is 0 Å². The summed E-state index contributed by atoms with van der Waals surface area (Å²) in [5.41, 5.74) is 7.63. The summed E-state index contributed by atoms with van der Waals surface area (Å²) >= 11 is 0. The fourth-order valence-electron chi connectivity index (χ4n) is 1.76. The largest absolute Gasteiger partial charge is 0.492 e. The van der Waals surface area contributed by atoms with Crippen LogP contribution in [0.3, 0.4) is 0 Å². The van der Waals surface area contributed by atoms with Gasteiger partial charge < -0.3 is 10.5 Å². The van der Waals surface area contributed by atoms with Crippen molar-refractivity contribution in [1.29, 1.82) is 0 Å². The maximum absolute atomic E-state index is 5.66. The Hall–Kier alpha value is -2.07. The van der Waals surface area contributed by atoms with E-state index < -0.39 is 0 Å². The highest BCUT2D eigenvalue weighted by molar-refractivity contribution is 5.41. The third-order valence-corrected chi connectivity index (χ3v) is 2.82. The molecule has 1 heterocycles. The van der Waals surface area contributed by atoms with E-state index in [0.717, 1.165) is 24.5 Å². The van der Waals surface area contributed by atoms with Gasteiger partial charge >= 0.3 is 0 Å². The van der Waals surface area contributed by atoms with Crippen molar-refractivity contribution in [2.45, 2.75) is 6.54 Å². The Morgan fingerprint density at radius 3 is 2.47 bits per heavy atom. The molecule has 0 saturated heterocycles. The Morgan fingerprint density at radius 2 is 1.79 bits per heavy atom. The van der Waals surface area contributed by atoms with E-state index in [1.54, 1.807) is 0 Å². The van der Waals surface area contributed by atoms with Crippen molar-refractivity contribution in [3.8, 4) is 5.75 Å². The van der Waals surface area contributed by atoms with Gasteiger partial charge in [-0.25, -0.2) is 0 Å². The van der Waals surface area contributed by atoms with Crippen LogP contribution in [0.25, 0.3) is 0 Å². The normalized spacial score (nSPS) is 10.6. The van der Waals surface area contributed by atoms with Gasteiger partial charge in [-0.15, -0.1) is 0 Å². The summed E-state index contributed by atoms with van der Waals surface area (Å²) in [7, 11) is 2.08. The molecule has 2 rings (SSSR count). The Morgan fingerprint density at radius 1 is 1.11 bits per heavy atom. The molecule has 0 aliphatic carbocycles. The van der Waals surface area contributed by atoms with Crippen LogP contribution in [0.5, 0.6) is 5.75 Å². The Kier molecular flexibility index (Phi) is 4.75. The average Bonchev–Trinajstić information content (AvgIpc) is 2.42. The summed E-state index contributed by atoms with van der Waals surface area (Å²) < 4.78 is 5.66. The molecule has 2 aromatic rings. The number of pyridine rings is 1. The van der Waals surface area contributed by atoms with Gasteiger partial charge in [-0.1, -0.05) is 0 Å². The number of likely N-dealkylation sites (N-methyl/N-ethyl adjacent to an activating group) is 1. The van der Waals surface area contributed by atoms with Gasteiger partial charge in [0.2, 0.25) is 0 Å². The van der Waals surface area contributed by atoms with Gasteiger partial charge in [0.05, 0.1) is 0 Å². The van der Waals surface area contributed by atoms with Gasteiger partial charge in [0.15, 0.2) is 0 Å². The lowest BCUT2D eigenvalue weighted by Gasteiger charge is -2.17. The zero-order valence-corrected chi connectivity index (χ0v) is 11.1. The van der Waals surface area contributed by atoms with Crippen molar-refractivity contribution in [2.75, 3.05) is 25.9 Å². The van der Waals surface area contributed by atoms with Crippen LogP contribution in [-0.4, -0.2) is 30.1 Å². The van der Waals surface area contributed by atoms with Gasteiger partial charge in [-0.3, -0.25) is 9.88 Å². The molecule has 0 unspecified atom stereocenters. The standard InChI is InChI=1S/C15H19N3O/c1-18(12-13-6-8-17-9-7-13)10-11-19-15-4-2-14(16)3-5-15/h2-9H,10-12,16H2,1H3. The number of anilines is 1. The monoisotopic (exact) mass is 257 g/mol. The van der Waals surface area contributed by atoms with Crippen molar-refractivity contribution in [3.05, 3.63) is 54.4 Å². The number of ether oxygens (including phenoxy) is 1. The minimum Gasteiger partial charge on any atom is -0.492 e. The van der Waals surface area contributed by atoms with Crippen molar-refractivity contribution in [2.24, 2.45) is 0 Å². The fourth-order valence-corrected chi connectivity index (χ4v) is 1.76. The molecule has 0 amide bonds. The van der Waals surface area contributed by atoms with E-state index in [1.807, 2.05) is 48.8 Å². The van der Waals surface area contributed by atoms with Crippen molar-refractivity contribution < 1.29 is 4.74 Å². The van der Waals surface area contributed by atoms with E-state index in [2.05, 4.69) is 16.9 Å². The average molecular weight is 257 g/mol. The highest BCUT2D eigenvalue weighted by atomic mass is 16.5. The molecule has 4 heteroatoms. The maximum atomic E-state index is 5.66. The molecule has 1 aromatic carbocycles. The van der Waals surface area contributed by atoms with Gasteiger partial charge in [0.25, 0.3) is 0 Å². The summed E-state index contributed by atoms with van der Waals surface area (Å²) in [6, 6.07) is 11.5. The van der Waals surface area contributed by atoms with Crippen LogP contribution in [0.1, 0.15) is 5.56 Å². The molecule has 0 aliphatic heterocycles. The van der Waals surface area contributed by atoms with Crippen LogP contribution >= 0.6 is 0 Å². The van der Waals surface area contributed by atoms with Gasteiger partial charge in [-0.2, -0.15) is 0 Å². The number of hydrogen-bond donors (Lipinski definition) is 1. The fraction of sp³-hybridized carbons (Fsp3) is 0.267. The molecule has 0 spiro atoms. The van der Waals surface area contributed by atoms with E-state index in [-0.39, 0.29) is 0 Å². The van der Waals surface area contributed by atoms with Gasteiger partial charge in [0.1, 0.15) is 12.4 Å². The number of aromatic nitrogens is 1. The first-order valence-corrected chi connectivity index (χ1v) is 6.30. The zero-order chi connectivity index (χ0) is 13.5. The molecular weight excluding hydrogens is 238 g/mol. The second-order valence-electron chi connectivity index (χ2n) is 4.51.